The predicted octanol–water partition coefficient (Wildman–Crippen LogP) is 5.08. The second kappa shape index (κ2) is 7.09. The molecule has 0 radical (unpaired) electrons. The van der Waals surface area contributed by atoms with Gasteiger partial charge >= 0.3 is 0 Å². The van der Waals surface area contributed by atoms with Gasteiger partial charge in [0.2, 0.25) is 0 Å². The molecule has 0 spiro atoms. The van der Waals surface area contributed by atoms with Crippen molar-refractivity contribution in [2.45, 2.75) is 21.3 Å². The van der Waals surface area contributed by atoms with Crippen molar-refractivity contribution in [3.05, 3.63) is 70.0 Å². The molecule has 0 bridgehead atoms. The topological polar surface area (TPSA) is 101 Å². The van der Waals surface area contributed by atoms with Gasteiger partial charge in [0.15, 0.2) is 0 Å². The van der Waals surface area contributed by atoms with Crippen molar-refractivity contribution < 1.29 is 4.92 Å². The molecule has 0 unspecified atom stereocenters. The maximum absolute atomic E-state index is 10.4. The maximum atomic E-state index is 10.4. The molecule has 2 aromatic heterocycles. The van der Waals surface area contributed by atoms with Crippen LogP contribution in [0.15, 0.2) is 48.8 Å². The Bertz CT molecular complexity index is 1030. The molecule has 0 aliphatic carbocycles. The van der Waals surface area contributed by atoms with Crippen LogP contribution >= 0.6 is 0 Å². The monoisotopic (exact) mass is 338 g/mol. The van der Waals surface area contributed by atoms with Gasteiger partial charge < -0.3 is 15.7 Å². The van der Waals surface area contributed by atoms with E-state index in [1.807, 2.05) is 37.5 Å². The molecule has 0 saturated heterocycles. The number of aryl methyl sites for hydroxylation is 2. The van der Waals surface area contributed by atoms with E-state index in [4.69, 9.17) is 5.73 Å². The first-order chi connectivity index (χ1) is 11.5. The fourth-order valence-corrected chi connectivity index (χ4v) is 2.66. The standard InChI is InChI=1S/C9H8N2O2.C9H10N2.CH4/c1-6-5-10-9-4-7(11(12)13)2-3-8(6)9;1-6-5-11-9-4-7(10)2-3-8(6)9;/h2-5,10H,1H3;2-5,11H,10H2,1H3;1H4. The smallest absolute Gasteiger partial charge is 0.271 e. The number of anilines is 1. The van der Waals surface area contributed by atoms with Gasteiger partial charge in [-0.2, -0.15) is 0 Å². The summed E-state index contributed by atoms with van der Waals surface area (Å²) in [6, 6.07) is 10.7. The second-order valence-electron chi connectivity index (χ2n) is 5.74. The van der Waals surface area contributed by atoms with Crippen LogP contribution in [0.2, 0.25) is 0 Å². The summed E-state index contributed by atoms with van der Waals surface area (Å²) in [5.74, 6) is 0. The zero-order chi connectivity index (χ0) is 17.3. The van der Waals surface area contributed by atoms with Crippen LogP contribution in [-0.2, 0) is 0 Å². The zero-order valence-corrected chi connectivity index (χ0v) is 13.5. The van der Waals surface area contributed by atoms with Gasteiger partial charge in [-0.05, 0) is 43.2 Å². The van der Waals surface area contributed by atoms with E-state index in [0.29, 0.717) is 0 Å². The number of nitrogen functional groups attached to an aromatic ring is 1. The molecule has 0 saturated carbocycles. The highest BCUT2D eigenvalue weighted by Gasteiger charge is 2.07. The lowest BCUT2D eigenvalue weighted by atomic mass is 10.2. The number of nitrogens with two attached hydrogens (primary N) is 1. The normalized spacial score (nSPS) is 10.2. The first kappa shape index (κ1) is 18.1. The molecule has 4 N–H and O–H groups in total. The van der Waals surface area contributed by atoms with Gasteiger partial charge in [0.25, 0.3) is 5.69 Å². The van der Waals surface area contributed by atoms with E-state index in [1.165, 1.54) is 17.0 Å². The molecule has 2 aromatic carbocycles. The molecule has 0 amide bonds. The highest BCUT2D eigenvalue weighted by Crippen LogP contribution is 2.22. The van der Waals surface area contributed by atoms with Gasteiger partial charge in [0.05, 0.1) is 10.4 Å². The van der Waals surface area contributed by atoms with Crippen LogP contribution < -0.4 is 5.73 Å². The Morgan fingerprint density at radius 2 is 1.44 bits per heavy atom. The number of aromatic nitrogens is 2. The predicted molar refractivity (Wildman–Crippen MR) is 104 cm³/mol. The fourth-order valence-electron chi connectivity index (χ4n) is 2.66. The summed E-state index contributed by atoms with van der Waals surface area (Å²) >= 11 is 0. The van der Waals surface area contributed by atoms with Gasteiger partial charge in [-0.3, -0.25) is 10.1 Å². The van der Waals surface area contributed by atoms with E-state index < -0.39 is 4.92 Å². The van der Waals surface area contributed by atoms with Crippen molar-refractivity contribution in [2.24, 2.45) is 0 Å². The largest absolute Gasteiger partial charge is 0.399 e. The lowest BCUT2D eigenvalue weighted by molar-refractivity contribution is -0.384. The number of nitro groups is 1. The van der Waals surface area contributed by atoms with E-state index in [2.05, 4.69) is 16.9 Å². The third-order valence-electron chi connectivity index (χ3n) is 4.00. The highest BCUT2D eigenvalue weighted by atomic mass is 16.6. The maximum Gasteiger partial charge on any atom is 0.271 e. The minimum Gasteiger partial charge on any atom is -0.399 e. The van der Waals surface area contributed by atoms with Crippen LogP contribution in [0.1, 0.15) is 18.6 Å². The van der Waals surface area contributed by atoms with Crippen LogP contribution in [-0.4, -0.2) is 14.9 Å². The number of benzene rings is 2. The quantitative estimate of drug-likeness (QED) is 0.256. The Balaban J connectivity index is 0.000000175. The van der Waals surface area contributed by atoms with Crippen LogP contribution in [0.25, 0.3) is 21.8 Å². The van der Waals surface area contributed by atoms with E-state index in [1.54, 1.807) is 12.1 Å². The molecular weight excluding hydrogens is 316 g/mol. The number of non-ortho nitro benzene ring substituents is 1. The highest BCUT2D eigenvalue weighted by molar-refractivity contribution is 5.85. The Labute approximate surface area is 145 Å². The molecule has 0 atom stereocenters. The summed E-state index contributed by atoms with van der Waals surface area (Å²) in [5.41, 5.74) is 10.8. The van der Waals surface area contributed by atoms with E-state index >= 15 is 0 Å². The molecule has 4 aromatic rings. The number of rotatable bonds is 1. The van der Waals surface area contributed by atoms with Gasteiger partial charge in [-0.15, -0.1) is 0 Å². The van der Waals surface area contributed by atoms with Crippen LogP contribution in [0.3, 0.4) is 0 Å². The van der Waals surface area contributed by atoms with Crippen LogP contribution in [0, 0.1) is 24.0 Å². The number of fused-ring (bicyclic) bond motifs is 2. The number of nitro benzene ring substituents is 1. The van der Waals surface area contributed by atoms with Gasteiger partial charge in [0.1, 0.15) is 0 Å². The average Bonchev–Trinajstić information content (AvgIpc) is 3.11. The number of H-pyrrole nitrogens is 2. The van der Waals surface area contributed by atoms with Crippen molar-refractivity contribution >= 4 is 33.2 Å². The first-order valence-corrected chi connectivity index (χ1v) is 7.51. The molecular formula is C19H22N4O2. The van der Waals surface area contributed by atoms with Gasteiger partial charge in [0, 0.05) is 46.5 Å². The van der Waals surface area contributed by atoms with Crippen molar-refractivity contribution in [1.29, 1.82) is 0 Å². The lowest BCUT2D eigenvalue weighted by Crippen LogP contribution is -1.86. The molecule has 25 heavy (non-hydrogen) atoms. The SMILES string of the molecule is C.Cc1c[nH]c2cc(N)ccc12.Cc1c[nH]c2cc([N+](=O)[O-])ccc12. The Hall–Kier alpha value is -3.28. The summed E-state index contributed by atoms with van der Waals surface area (Å²) < 4.78 is 0. The Kier molecular flexibility index (Phi) is 5.12. The molecule has 4 rings (SSSR count). The molecule has 0 aliphatic heterocycles. The second-order valence-corrected chi connectivity index (χ2v) is 5.74. The van der Waals surface area contributed by atoms with E-state index in [9.17, 15) is 10.1 Å². The van der Waals surface area contributed by atoms with Crippen molar-refractivity contribution in [3.63, 3.8) is 0 Å². The molecule has 0 aliphatic rings. The number of hydrogen-bond donors (Lipinski definition) is 3. The summed E-state index contributed by atoms with van der Waals surface area (Å²) in [5, 5.41) is 12.7. The van der Waals surface area contributed by atoms with Crippen LogP contribution in [0.5, 0.6) is 0 Å². The van der Waals surface area contributed by atoms with Gasteiger partial charge in [-0.25, -0.2) is 0 Å². The Morgan fingerprint density at radius 3 is 2.00 bits per heavy atom. The molecule has 0 fully saturated rings. The summed E-state index contributed by atoms with van der Waals surface area (Å²) in [6.45, 7) is 4.04. The third-order valence-corrected chi connectivity index (χ3v) is 4.00. The molecule has 2 heterocycles. The molecule has 6 nitrogen and oxygen atoms in total. The summed E-state index contributed by atoms with van der Waals surface area (Å²) in [7, 11) is 0. The van der Waals surface area contributed by atoms with Crippen molar-refractivity contribution in [1.82, 2.24) is 9.97 Å². The van der Waals surface area contributed by atoms with E-state index in [-0.39, 0.29) is 13.1 Å². The minimum atomic E-state index is -0.393. The molecule has 6 heteroatoms. The Morgan fingerprint density at radius 1 is 0.920 bits per heavy atom. The first-order valence-electron chi connectivity index (χ1n) is 7.51. The van der Waals surface area contributed by atoms with Crippen molar-refractivity contribution in [2.75, 3.05) is 5.73 Å². The zero-order valence-electron chi connectivity index (χ0n) is 13.5. The third kappa shape index (κ3) is 3.63. The van der Waals surface area contributed by atoms with Gasteiger partial charge in [-0.1, -0.05) is 13.5 Å². The van der Waals surface area contributed by atoms with Crippen molar-refractivity contribution in [3.8, 4) is 0 Å². The van der Waals surface area contributed by atoms with Crippen LogP contribution in [0.4, 0.5) is 11.4 Å². The number of hydrogen-bond acceptors (Lipinski definition) is 3. The lowest BCUT2D eigenvalue weighted by Gasteiger charge is -1.92. The fraction of sp³-hybridized carbons (Fsp3) is 0.158. The molecule has 130 valence electrons. The number of aromatic amines is 2. The van der Waals surface area contributed by atoms with E-state index in [0.717, 1.165) is 27.7 Å². The number of nitrogens with one attached hydrogen (secondary N) is 2. The summed E-state index contributed by atoms with van der Waals surface area (Å²) in [6.07, 6.45) is 3.83. The number of nitrogens with zero attached hydrogens (tertiary/aromatic N) is 1. The average molecular weight is 338 g/mol. The minimum absolute atomic E-state index is 0. The summed E-state index contributed by atoms with van der Waals surface area (Å²) in [4.78, 5) is 16.2.